The summed E-state index contributed by atoms with van der Waals surface area (Å²) >= 11 is 5.46. The van der Waals surface area contributed by atoms with Crippen molar-refractivity contribution in [2.75, 3.05) is 12.3 Å². The minimum Gasteiger partial charge on any atom is -0.399 e. The molecule has 1 rings (SSSR count). The molecule has 4 nitrogen and oxygen atoms in total. The van der Waals surface area contributed by atoms with E-state index in [2.05, 4.69) is 11.3 Å². The van der Waals surface area contributed by atoms with Crippen LogP contribution < -0.4 is 10.5 Å². The highest BCUT2D eigenvalue weighted by molar-refractivity contribution is 7.89. The molecular weight excluding hydrogens is 236 g/mol. The van der Waals surface area contributed by atoms with Crippen molar-refractivity contribution >= 4 is 27.3 Å². The van der Waals surface area contributed by atoms with Gasteiger partial charge in [0.05, 0.1) is 4.90 Å². The van der Waals surface area contributed by atoms with Crippen molar-refractivity contribution in [2.45, 2.75) is 4.90 Å². The van der Waals surface area contributed by atoms with E-state index in [1.165, 1.54) is 12.1 Å². The summed E-state index contributed by atoms with van der Waals surface area (Å²) in [7, 11) is -3.55. The molecule has 0 unspecified atom stereocenters. The lowest BCUT2D eigenvalue weighted by Gasteiger charge is -2.05. The second kappa shape index (κ2) is 4.65. The van der Waals surface area contributed by atoms with Crippen LogP contribution in [-0.4, -0.2) is 15.0 Å². The predicted molar refractivity (Wildman–Crippen MR) is 61.0 cm³/mol. The second-order valence-electron chi connectivity index (χ2n) is 2.91. The van der Waals surface area contributed by atoms with Crippen molar-refractivity contribution in [1.29, 1.82) is 0 Å². The molecule has 0 atom stereocenters. The number of nitrogens with two attached hydrogens (primary N) is 1. The predicted octanol–water partition coefficient (Wildman–Crippen LogP) is 1.30. The number of nitrogens with one attached hydrogen (secondary N) is 1. The fourth-order valence-corrected chi connectivity index (χ4v) is 2.16. The van der Waals surface area contributed by atoms with Crippen molar-refractivity contribution in [2.24, 2.45) is 0 Å². The Morgan fingerprint density at radius 2 is 2.20 bits per heavy atom. The molecule has 0 saturated heterocycles. The Morgan fingerprint density at radius 3 is 2.73 bits per heavy atom. The first kappa shape index (κ1) is 12.0. The molecule has 0 aliphatic heterocycles. The Morgan fingerprint density at radius 1 is 1.53 bits per heavy atom. The summed E-state index contributed by atoms with van der Waals surface area (Å²) in [4.78, 5) is 0.111. The van der Waals surface area contributed by atoms with Gasteiger partial charge in [0.25, 0.3) is 0 Å². The standard InChI is InChI=1S/C9H11ClN2O2S/c1-7(10)6-12-15(13,14)9-4-2-3-8(11)5-9/h2-5,12H,1,6,11H2. The molecule has 0 spiro atoms. The van der Waals surface area contributed by atoms with Gasteiger partial charge in [-0.25, -0.2) is 13.1 Å². The van der Waals surface area contributed by atoms with Crippen LogP contribution in [0.2, 0.25) is 0 Å². The van der Waals surface area contributed by atoms with Crippen molar-refractivity contribution in [3.63, 3.8) is 0 Å². The summed E-state index contributed by atoms with van der Waals surface area (Å²) in [5, 5.41) is 0.225. The lowest BCUT2D eigenvalue weighted by molar-refractivity contribution is 0.585. The summed E-state index contributed by atoms with van der Waals surface area (Å²) in [5.74, 6) is 0. The molecule has 15 heavy (non-hydrogen) atoms. The lowest BCUT2D eigenvalue weighted by Crippen LogP contribution is -2.24. The number of anilines is 1. The molecule has 0 saturated carbocycles. The van der Waals surface area contributed by atoms with E-state index in [4.69, 9.17) is 17.3 Å². The van der Waals surface area contributed by atoms with Crippen LogP contribution in [0.5, 0.6) is 0 Å². The first-order valence-electron chi connectivity index (χ1n) is 4.10. The number of halogens is 1. The Bertz CT molecular complexity index is 471. The van der Waals surface area contributed by atoms with E-state index in [0.717, 1.165) is 0 Å². The zero-order valence-corrected chi connectivity index (χ0v) is 9.48. The van der Waals surface area contributed by atoms with Gasteiger partial charge in [0.1, 0.15) is 0 Å². The molecule has 3 N–H and O–H groups in total. The third kappa shape index (κ3) is 3.54. The number of rotatable bonds is 4. The number of sulfonamides is 1. The molecule has 0 aliphatic rings. The molecule has 6 heteroatoms. The summed E-state index contributed by atoms with van der Waals surface area (Å²) < 4.78 is 25.5. The van der Waals surface area contributed by atoms with Crippen LogP contribution in [-0.2, 0) is 10.0 Å². The minimum atomic E-state index is -3.55. The smallest absolute Gasteiger partial charge is 0.240 e. The molecular formula is C9H11ClN2O2S. The molecule has 0 bridgehead atoms. The minimum absolute atomic E-state index is 0.00130. The maximum absolute atomic E-state index is 11.6. The first-order chi connectivity index (χ1) is 6.92. The topological polar surface area (TPSA) is 72.2 Å². The van der Waals surface area contributed by atoms with Crippen molar-refractivity contribution in [3.05, 3.63) is 35.9 Å². The Labute approximate surface area is 93.8 Å². The molecule has 0 aliphatic carbocycles. The largest absolute Gasteiger partial charge is 0.399 e. The van der Waals surface area contributed by atoms with E-state index in [0.29, 0.717) is 5.69 Å². The van der Waals surface area contributed by atoms with Gasteiger partial charge < -0.3 is 5.73 Å². The molecule has 0 amide bonds. The normalized spacial score (nSPS) is 11.3. The molecule has 0 heterocycles. The quantitative estimate of drug-likeness (QED) is 0.787. The first-order valence-corrected chi connectivity index (χ1v) is 5.96. The van der Waals surface area contributed by atoms with Crippen LogP contribution in [0.1, 0.15) is 0 Å². The molecule has 0 fully saturated rings. The van der Waals surface area contributed by atoms with E-state index in [9.17, 15) is 8.42 Å². The molecule has 82 valence electrons. The van der Waals surface area contributed by atoms with Gasteiger partial charge in [-0.1, -0.05) is 24.2 Å². The zero-order chi connectivity index (χ0) is 11.5. The highest BCUT2D eigenvalue weighted by Crippen LogP contribution is 2.12. The average Bonchev–Trinajstić information content (AvgIpc) is 2.15. The molecule has 1 aromatic carbocycles. The van der Waals surface area contributed by atoms with Crippen LogP contribution >= 0.6 is 11.6 Å². The average molecular weight is 247 g/mol. The Balaban J connectivity index is 2.91. The highest BCUT2D eigenvalue weighted by Gasteiger charge is 2.13. The molecule has 0 aromatic heterocycles. The van der Waals surface area contributed by atoms with Crippen molar-refractivity contribution < 1.29 is 8.42 Å². The number of hydrogen-bond donors (Lipinski definition) is 2. The molecule has 0 radical (unpaired) electrons. The summed E-state index contributed by atoms with van der Waals surface area (Å²) in [6.45, 7) is 3.38. The number of benzene rings is 1. The Hall–Kier alpha value is -1.04. The van der Waals surface area contributed by atoms with E-state index in [1.807, 2.05) is 0 Å². The van der Waals surface area contributed by atoms with Gasteiger partial charge in [-0.3, -0.25) is 0 Å². The van der Waals surface area contributed by atoms with Crippen LogP contribution in [0.3, 0.4) is 0 Å². The van der Waals surface area contributed by atoms with E-state index in [1.54, 1.807) is 12.1 Å². The van der Waals surface area contributed by atoms with Gasteiger partial charge in [0.15, 0.2) is 0 Å². The summed E-state index contributed by atoms with van der Waals surface area (Å²) in [6, 6.07) is 6.01. The highest BCUT2D eigenvalue weighted by atomic mass is 35.5. The summed E-state index contributed by atoms with van der Waals surface area (Å²) in [6.07, 6.45) is 0. The van der Waals surface area contributed by atoms with Crippen molar-refractivity contribution in [3.8, 4) is 0 Å². The second-order valence-corrected chi connectivity index (χ2v) is 5.22. The van der Waals surface area contributed by atoms with Gasteiger partial charge >= 0.3 is 0 Å². The van der Waals surface area contributed by atoms with E-state index < -0.39 is 10.0 Å². The SMILES string of the molecule is C=C(Cl)CNS(=O)(=O)c1cccc(N)c1. The van der Waals surface area contributed by atoms with Gasteiger partial charge in [-0.15, -0.1) is 0 Å². The fraction of sp³-hybridized carbons (Fsp3) is 0.111. The number of nitrogen functional groups attached to an aromatic ring is 1. The van der Waals surface area contributed by atoms with Crippen LogP contribution in [0, 0.1) is 0 Å². The monoisotopic (exact) mass is 246 g/mol. The summed E-state index contributed by atoms with van der Waals surface area (Å²) in [5.41, 5.74) is 5.87. The Kier molecular flexibility index (Phi) is 3.73. The van der Waals surface area contributed by atoms with Crippen LogP contribution in [0.4, 0.5) is 5.69 Å². The van der Waals surface area contributed by atoms with Crippen molar-refractivity contribution in [1.82, 2.24) is 4.72 Å². The lowest BCUT2D eigenvalue weighted by atomic mass is 10.3. The van der Waals surface area contributed by atoms with E-state index >= 15 is 0 Å². The van der Waals surface area contributed by atoms with Gasteiger partial charge in [-0.05, 0) is 18.2 Å². The number of hydrogen-bond acceptors (Lipinski definition) is 3. The van der Waals surface area contributed by atoms with Gasteiger partial charge in [-0.2, -0.15) is 0 Å². The van der Waals surface area contributed by atoms with Crippen LogP contribution in [0.25, 0.3) is 0 Å². The maximum Gasteiger partial charge on any atom is 0.240 e. The third-order valence-electron chi connectivity index (χ3n) is 1.62. The fourth-order valence-electron chi connectivity index (χ4n) is 0.938. The molecule has 1 aromatic rings. The van der Waals surface area contributed by atoms with Crippen LogP contribution in [0.15, 0.2) is 40.8 Å². The van der Waals surface area contributed by atoms with Gasteiger partial charge in [0.2, 0.25) is 10.0 Å². The zero-order valence-electron chi connectivity index (χ0n) is 7.90. The third-order valence-corrected chi connectivity index (χ3v) is 3.15. The maximum atomic E-state index is 11.6. The van der Waals surface area contributed by atoms with E-state index in [-0.39, 0.29) is 16.5 Å². The van der Waals surface area contributed by atoms with Gasteiger partial charge in [0, 0.05) is 17.3 Å².